The number of carbonyl (C=O) groups is 1. The minimum atomic E-state index is 0. The molecule has 0 aromatic rings. The van der Waals surface area contributed by atoms with Gasteiger partial charge in [0, 0.05) is 40.3 Å². The zero-order valence-electron chi connectivity index (χ0n) is 17.4. The van der Waals surface area contributed by atoms with E-state index < -0.39 is 0 Å². The molecule has 0 saturated carbocycles. The van der Waals surface area contributed by atoms with Crippen LogP contribution in [0.2, 0.25) is 0 Å². The van der Waals surface area contributed by atoms with Gasteiger partial charge in [0.2, 0.25) is 5.91 Å². The van der Waals surface area contributed by atoms with Crippen LogP contribution in [-0.2, 0) is 4.79 Å². The highest BCUT2D eigenvalue weighted by molar-refractivity contribution is 14.0. The van der Waals surface area contributed by atoms with E-state index in [0.29, 0.717) is 5.92 Å². The molecule has 26 heavy (non-hydrogen) atoms. The summed E-state index contributed by atoms with van der Waals surface area (Å²) in [4.78, 5) is 21.0. The van der Waals surface area contributed by atoms with E-state index in [9.17, 15) is 4.79 Å². The van der Waals surface area contributed by atoms with Gasteiger partial charge in [0.25, 0.3) is 0 Å². The van der Waals surface area contributed by atoms with Gasteiger partial charge >= 0.3 is 0 Å². The first-order valence-electron chi connectivity index (χ1n) is 10.0. The first kappa shape index (κ1) is 25.4. The second-order valence-electron chi connectivity index (χ2n) is 7.11. The van der Waals surface area contributed by atoms with Gasteiger partial charge in [-0.3, -0.25) is 14.7 Å². The van der Waals surface area contributed by atoms with Gasteiger partial charge in [-0.2, -0.15) is 0 Å². The number of carbonyl (C=O) groups excluding carboxylic acids is 1. The van der Waals surface area contributed by atoms with Crippen molar-refractivity contribution in [3.63, 3.8) is 0 Å². The number of likely N-dealkylation sites (N-methyl/N-ethyl adjacent to an activating group) is 1. The number of hydrogen-bond acceptors (Lipinski definition) is 3. The van der Waals surface area contributed by atoms with E-state index in [-0.39, 0.29) is 35.9 Å². The van der Waals surface area contributed by atoms with E-state index in [4.69, 9.17) is 4.99 Å². The molecule has 6 nitrogen and oxygen atoms in total. The van der Waals surface area contributed by atoms with Crippen LogP contribution in [-0.4, -0.2) is 74.5 Å². The molecule has 1 fully saturated rings. The Bertz CT molecular complexity index is 413. The lowest BCUT2D eigenvalue weighted by Crippen LogP contribution is -2.44. The van der Waals surface area contributed by atoms with Crippen molar-refractivity contribution < 1.29 is 4.79 Å². The maximum atomic E-state index is 12.2. The lowest BCUT2D eigenvalue weighted by molar-refractivity contribution is -0.133. The molecule has 154 valence electrons. The summed E-state index contributed by atoms with van der Waals surface area (Å²) in [6.45, 7) is 11.2. The summed E-state index contributed by atoms with van der Waals surface area (Å²) in [7, 11) is 3.69. The highest BCUT2D eigenvalue weighted by Crippen LogP contribution is 2.18. The van der Waals surface area contributed by atoms with Crippen LogP contribution in [0.1, 0.15) is 52.9 Å². The molecule has 0 aliphatic carbocycles. The van der Waals surface area contributed by atoms with E-state index in [0.717, 1.165) is 57.9 Å². The summed E-state index contributed by atoms with van der Waals surface area (Å²) in [6.07, 6.45) is 5.49. The molecule has 1 rings (SSSR count). The van der Waals surface area contributed by atoms with Crippen molar-refractivity contribution in [3.8, 4) is 0 Å². The molecule has 0 radical (unpaired) electrons. The van der Waals surface area contributed by atoms with Gasteiger partial charge in [0.15, 0.2) is 5.96 Å². The molecule has 0 aromatic carbocycles. The number of amides is 1. The second-order valence-corrected chi connectivity index (χ2v) is 7.11. The fourth-order valence-corrected chi connectivity index (χ4v) is 3.27. The SMILES string of the molecule is CCNC(=NCC(CC)CC)NCCCN1CCCC1C(=O)N(C)C.I. The molecule has 1 unspecified atom stereocenters. The third kappa shape index (κ3) is 8.88. The Morgan fingerprint density at radius 2 is 1.92 bits per heavy atom. The van der Waals surface area contributed by atoms with Gasteiger partial charge < -0.3 is 15.5 Å². The topological polar surface area (TPSA) is 60.0 Å². The number of halogens is 1. The summed E-state index contributed by atoms with van der Waals surface area (Å²) in [5.41, 5.74) is 0. The van der Waals surface area contributed by atoms with Crippen LogP contribution >= 0.6 is 24.0 Å². The fourth-order valence-electron chi connectivity index (χ4n) is 3.27. The highest BCUT2D eigenvalue weighted by atomic mass is 127. The van der Waals surface area contributed by atoms with E-state index >= 15 is 0 Å². The van der Waals surface area contributed by atoms with Gasteiger partial charge in [0.05, 0.1) is 6.04 Å². The molecule has 7 heteroatoms. The molecule has 1 amide bonds. The predicted molar refractivity (Wildman–Crippen MR) is 121 cm³/mol. The van der Waals surface area contributed by atoms with E-state index in [1.54, 1.807) is 4.90 Å². The molecule has 1 heterocycles. The minimum Gasteiger partial charge on any atom is -0.357 e. The first-order valence-corrected chi connectivity index (χ1v) is 10.0. The Hall–Kier alpha value is -0.570. The quantitative estimate of drug-likeness (QED) is 0.218. The summed E-state index contributed by atoms with van der Waals surface area (Å²) in [5, 5.41) is 6.75. The standard InChI is InChI=1S/C19H39N5O.HI/c1-6-16(7-2)15-22-19(20-8-3)21-12-10-14-24-13-9-11-17(24)18(25)23(4)5;/h16-17H,6-15H2,1-5H3,(H2,20,21,22);1H. The molecular weight excluding hydrogens is 441 g/mol. The Morgan fingerprint density at radius 3 is 2.50 bits per heavy atom. The van der Waals surface area contributed by atoms with Crippen molar-refractivity contribution in [2.24, 2.45) is 10.9 Å². The number of hydrogen-bond donors (Lipinski definition) is 2. The lowest BCUT2D eigenvalue weighted by atomic mass is 10.0. The molecule has 0 aromatic heterocycles. The number of guanidine groups is 1. The third-order valence-corrected chi connectivity index (χ3v) is 5.01. The van der Waals surface area contributed by atoms with E-state index in [2.05, 4.69) is 36.3 Å². The number of likely N-dealkylation sites (tertiary alicyclic amines) is 1. The summed E-state index contributed by atoms with van der Waals surface area (Å²) >= 11 is 0. The van der Waals surface area contributed by atoms with Crippen LogP contribution in [0.5, 0.6) is 0 Å². The predicted octanol–water partition coefficient (Wildman–Crippen LogP) is 2.54. The van der Waals surface area contributed by atoms with Gasteiger partial charge in [-0.25, -0.2) is 0 Å². The van der Waals surface area contributed by atoms with Crippen molar-refractivity contribution in [1.29, 1.82) is 0 Å². The maximum Gasteiger partial charge on any atom is 0.239 e. The molecule has 1 atom stereocenters. The van der Waals surface area contributed by atoms with Crippen molar-refractivity contribution >= 4 is 35.8 Å². The first-order chi connectivity index (χ1) is 12.0. The van der Waals surface area contributed by atoms with Crippen molar-refractivity contribution in [1.82, 2.24) is 20.4 Å². The van der Waals surface area contributed by atoms with Gasteiger partial charge in [-0.15, -0.1) is 24.0 Å². The Labute approximate surface area is 177 Å². The summed E-state index contributed by atoms with van der Waals surface area (Å²) in [5.74, 6) is 1.82. The Morgan fingerprint density at radius 1 is 1.23 bits per heavy atom. The fraction of sp³-hybridized carbons (Fsp3) is 0.895. The van der Waals surface area contributed by atoms with Gasteiger partial charge in [0.1, 0.15) is 0 Å². The smallest absolute Gasteiger partial charge is 0.239 e. The van der Waals surface area contributed by atoms with Crippen LogP contribution < -0.4 is 10.6 Å². The van der Waals surface area contributed by atoms with Crippen LogP contribution in [0.25, 0.3) is 0 Å². The van der Waals surface area contributed by atoms with Crippen LogP contribution in [0, 0.1) is 5.92 Å². The number of nitrogens with one attached hydrogen (secondary N) is 2. The number of nitrogens with zero attached hydrogens (tertiary/aromatic N) is 3. The minimum absolute atomic E-state index is 0. The van der Waals surface area contributed by atoms with Crippen molar-refractivity contribution in [3.05, 3.63) is 0 Å². The van der Waals surface area contributed by atoms with Crippen LogP contribution in [0.3, 0.4) is 0 Å². The number of aliphatic imine (C=N–C) groups is 1. The average Bonchev–Trinajstić information content (AvgIpc) is 3.06. The normalized spacial score (nSPS) is 17.9. The molecule has 1 aliphatic rings. The zero-order chi connectivity index (χ0) is 18.7. The van der Waals surface area contributed by atoms with E-state index in [1.807, 2.05) is 14.1 Å². The van der Waals surface area contributed by atoms with Crippen LogP contribution in [0.4, 0.5) is 0 Å². The summed E-state index contributed by atoms with van der Waals surface area (Å²) in [6, 6.07) is 0.0757. The summed E-state index contributed by atoms with van der Waals surface area (Å²) < 4.78 is 0. The highest BCUT2D eigenvalue weighted by Gasteiger charge is 2.30. The average molecular weight is 481 g/mol. The largest absolute Gasteiger partial charge is 0.357 e. The second kappa shape index (κ2) is 14.5. The maximum absolute atomic E-state index is 12.2. The van der Waals surface area contributed by atoms with E-state index in [1.165, 1.54) is 12.8 Å². The monoisotopic (exact) mass is 481 g/mol. The molecule has 0 bridgehead atoms. The lowest BCUT2D eigenvalue weighted by Gasteiger charge is -2.26. The molecule has 1 aliphatic heterocycles. The molecule has 2 N–H and O–H groups in total. The van der Waals surface area contributed by atoms with Gasteiger partial charge in [-0.05, 0) is 38.6 Å². The van der Waals surface area contributed by atoms with Crippen LogP contribution in [0.15, 0.2) is 4.99 Å². The van der Waals surface area contributed by atoms with Crippen molar-refractivity contribution in [2.75, 3.05) is 46.8 Å². The zero-order valence-corrected chi connectivity index (χ0v) is 19.7. The third-order valence-electron chi connectivity index (χ3n) is 5.01. The van der Waals surface area contributed by atoms with Crippen molar-refractivity contribution in [2.45, 2.75) is 58.9 Å². The Kier molecular flexibility index (Phi) is 14.2. The molecular formula is C19H40IN5O. The molecule has 1 saturated heterocycles. The molecule has 0 spiro atoms. The Balaban J connectivity index is 0.00000625. The number of rotatable bonds is 10. The van der Waals surface area contributed by atoms with Gasteiger partial charge in [-0.1, -0.05) is 26.7 Å².